The Morgan fingerprint density at radius 3 is 1.29 bits per heavy atom. The highest BCUT2D eigenvalue weighted by molar-refractivity contribution is 7.87. The van der Waals surface area contributed by atoms with Crippen LogP contribution in [-0.4, -0.2) is 16.8 Å². The van der Waals surface area contributed by atoms with Gasteiger partial charge in [-0.3, -0.25) is 0 Å². The molecule has 0 atom stereocenters. The van der Waals surface area contributed by atoms with Crippen molar-refractivity contribution in [2.75, 3.05) is 0 Å². The second-order valence-corrected chi connectivity index (χ2v) is 13.0. The van der Waals surface area contributed by atoms with Crippen LogP contribution in [0.15, 0.2) is 131 Å². The number of hydrogen-bond donors (Lipinski definition) is 0. The summed E-state index contributed by atoms with van der Waals surface area (Å²) in [4.78, 5) is 0.0643. The van der Waals surface area contributed by atoms with Crippen LogP contribution in [0.2, 0.25) is 0 Å². The zero-order valence-corrected chi connectivity index (χ0v) is 23.2. The molecule has 0 aromatic heterocycles. The second kappa shape index (κ2) is 9.47. The van der Waals surface area contributed by atoms with Gasteiger partial charge in [-0.15, -0.1) is 0 Å². The standard InChI is InChI=1S/C33H22O6S2/c34-40(35,38-28-11-9-22-5-1-3-7-24(22)18-28)30-13-15-32-26(20-30)17-27-21-31(14-16-33(27)32)41(36,37)39-29-12-10-23-6-2-4-8-25(23)19-29/h1-16,18-21H,17H2. The molecule has 1 aliphatic carbocycles. The Morgan fingerprint density at radius 2 is 0.854 bits per heavy atom. The molecule has 0 amide bonds. The van der Waals surface area contributed by atoms with Gasteiger partial charge in [0, 0.05) is 0 Å². The average molecular weight is 579 g/mol. The smallest absolute Gasteiger partial charge is 0.339 e. The van der Waals surface area contributed by atoms with Crippen LogP contribution in [0, 0.1) is 0 Å². The Hall–Kier alpha value is -4.66. The first-order valence-corrected chi connectivity index (χ1v) is 15.7. The fourth-order valence-corrected chi connectivity index (χ4v) is 7.21. The van der Waals surface area contributed by atoms with E-state index >= 15 is 0 Å². The molecule has 0 heterocycles. The largest absolute Gasteiger partial charge is 0.379 e. The van der Waals surface area contributed by atoms with E-state index in [1.54, 1.807) is 48.5 Å². The van der Waals surface area contributed by atoms with Gasteiger partial charge < -0.3 is 8.37 Å². The van der Waals surface area contributed by atoms with E-state index in [-0.39, 0.29) is 21.3 Å². The van der Waals surface area contributed by atoms with E-state index in [2.05, 4.69) is 0 Å². The summed E-state index contributed by atoms with van der Waals surface area (Å²) in [6.07, 6.45) is 0.378. The van der Waals surface area contributed by atoms with Crippen LogP contribution in [0.4, 0.5) is 0 Å². The average Bonchev–Trinajstić information content (AvgIpc) is 3.34. The first-order chi connectivity index (χ1) is 19.7. The van der Waals surface area contributed by atoms with Gasteiger partial charge in [0.05, 0.1) is 0 Å². The van der Waals surface area contributed by atoms with E-state index in [1.807, 2.05) is 60.7 Å². The molecular weight excluding hydrogens is 556 g/mol. The maximum atomic E-state index is 13.1. The van der Waals surface area contributed by atoms with Gasteiger partial charge in [0.25, 0.3) is 0 Å². The van der Waals surface area contributed by atoms with Crippen molar-refractivity contribution in [3.63, 3.8) is 0 Å². The molecule has 0 unspecified atom stereocenters. The second-order valence-electron chi connectivity index (χ2n) is 9.91. The Morgan fingerprint density at radius 1 is 0.439 bits per heavy atom. The minimum absolute atomic E-state index is 0.0321. The molecule has 1 aliphatic rings. The summed E-state index contributed by atoms with van der Waals surface area (Å²) >= 11 is 0. The van der Waals surface area contributed by atoms with Crippen molar-refractivity contribution in [2.45, 2.75) is 16.2 Å². The van der Waals surface area contributed by atoms with E-state index in [1.165, 1.54) is 12.1 Å². The van der Waals surface area contributed by atoms with Crippen molar-refractivity contribution in [2.24, 2.45) is 0 Å². The monoisotopic (exact) mass is 578 g/mol. The van der Waals surface area contributed by atoms with Crippen molar-refractivity contribution < 1.29 is 25.2 Å². The van der Waals surface area contributed by atoms with Crippen molar-refractivity contribution >= 4 is 41.8 Å². The molecule has 7 rings (SSSR count). The van der Waals surface area contributed by atoms with Crippen LogP contribution < -0.4 is 8.37 Å². The highest BCUT2D eigenvalue weighted by Crippen LogP contribution is 2.39. The summed E-state index contributed by atoms with van der Waals surface area (Å²) in [5.74, 6) is 0.461. The Kier molecular flexibility index (Phi) is 5.85. The Balaban J connectivity index is 1.14. The molecule has 0 radical (unpaired) electrons. The van der Waals surface area contributed by atoms with Gasteiger partial charge in [-0.1, -0.05) is 72.8 Å². The molecule has 0 saturated heterocycles. The Bertz CT molecular complexity index is 2060. The highest BCUT2D eigenvalue weighted by atomic mass is 32.2. The van der Waals surface area contributed by atoms with Crippen LogP contribution in [0.3, 0.4) is 0 Å². The summed E-state index contributed by atoms with van der Waals surface area (Å²) < 4.78 is 63.4. The molecule has 0 spiro atoms. The summed E-state index contributed by atoms with van der Waals surface area (Å²) in [5, 5.41) is 3.72. The first-order valence-electron chi connectivity index (χ1n) is 12.9. The third kappa shape index (κ3) is 4.71. The predicted molar refractivity (Wildman–Crippen MR) is 158 cm³/mol. The molecule has 6 aromatic carbocycles. The third-order valence-electron chi connectivity index (χ3n) is 7.26. The quantitative estimate of drug-likeness (QED) is 0.196. The van der Waals surface area contributed by atoms with Gasteiger partial charge in [0.15, 0.2) is 0 Å². The maximum Gasteiger partial charge on any atom is 0.339 e. The number of hydrogen-bond acceptors (Lipinski definition) is 6. The minimum Gasteiger partial charge on any atom is -0.379 e. The van der Waals surface area contributed by atoms with E-state index in [0.717, 1.165) is 43.8 Å². The maximum absolute atomic E-state index is 13.1. The normalized spacial score (nSPS) is 12.7. The molecule has 202 valence electrons. The topological polar surface area (TPSA) is 86.7 Å². The van der Waals surface area contributed by atoms with Gasteiger partial charge in [-0.05, 0) is 98.8 Å². The molecule has 6 aromatic rings. The molecule has 41 heavy (non-hydrogen) atoms. The molecule has 6 nitrogen and oxygen atoms in total. The van der Waals surface area contributed by atoms with Crippen LogP contribution in [0.25, 0.3) is 32.7 Å². The molecule has 0 fully saturated rings. The fraction of sp³-hybridized carbons (Fsp3) is 0.0303. The molecular formula is C33H22O6S2. The number of rotatable bonds is 6. The SMILES string of the molecule is O=S(=O)(Oc1ccc2ccccc2c1)c1ccc2c(c1)Cc1cc(S(=O)(=O)Oc3ccc4ccccc4c3)ccc1-2. The van der Waals surface area contributed by atoms with E-state index in [4.69, 9.17) is 8.37 Å². The lowest BCUT2D eigenvalue weighted by Gasteiger charge is -2.10. The van der Waals surface area contributed by atoms with Crippen LogP contribution in [0.5, 0.6) is 11.5 Å². The first kappa shape index (κ1) is 25.3. The van der Waals surface area contributed by atoms with Gasteiger partial charge in [0.2, 0.25) is 0 Å². The Labute approximate surface area is 237 Å². The van der Waals surface area contributed by atoms with Crippen molar-refractivity contribution in [1.29, 1.82) is 0 Å². The van der Waals surface area contributed by atoms with Crippen LogP contribution in [0.1, 0.15) is 11.1 Å². The summed E-state index contributed by atoms with van der Waals surface area (Å²) in [7, 11) is -8.18. The van der Waals surface area contributed by atoms with Crippen molar-refractivity contribution in [1.82, 2.24) is 0 Å². The lowest BCUT2D eigenvalue weighted by Crippen LogP contribution is -2.10. The van der Waals surface area contributed by atoms with Crippen molar-refractivity contribution in [3.8, 4) is 22.6 Å². The van der Waals surface area contributed by atoms with Gasteiger partial charge in [-0.25, -0.2) is 0 Å². The summed E-state index contributed by atoms with van der Waals surface area (Å²) in [6.45, 7) is 0. The van der Waals surface area contributed by atoms with Crippen LogP contribution >= 0.6 is 0 Å². The van der Waals surface area contributed by atoms with E-state index in [0.29, 0.717) is 6.42 Å². The molecule has 0 N–H and O–H groups in total. The van der Waals surface area contributed by atoms with E-state index in [9.17, 15) is 16.8 Å². The van der Waals surface area contributed by atoms with Gasteiger partial charge in [-0.2, -0.15) is 16.8 Å². The van der Waals surface area contributed by atoms with Crippen LogP contribution in [-0.2, 0) is 26.7 Å². The zero-order valence-electron chi connectivity index (χ0n) is 21.5. The number of benzene rings is 6. The van der Waals surface area contributed by atoms with Gasteiger partial charge in [0.1, 0.15) is 21.3 Å². The molecule has 0 bridgehead atoms. The lowest BCUT2D eigenvalue weighted by atomic mass is 10.1. The predicted octanol–water partition coefficient (Wildman–Crippen LogP) is 7.10. The number of fused-ring (bicyclic) bond motifs is 5. The molecule has 0 saturated carbocycles. The lowest BCUT2D eigenvalue weighted by molar-refractivity contribution is 0.484. The minimum atomic E-state index is -4.09. The van der Waals surface area contributed by atoms with Crippen molar-refractivity contribution in [3.05, 3.63) is 132 Å². The fourth-order valence-electron chi connectivity index (χ4n) is 5.26. The third-order valence-corrected chi connectivity index (χ3v) is 9.74. The molecule has 0 aliphatic heterocycles. The van der Waals surface area contributed by atoms with Gasteiger partial charge >= 0.3 is 20.2 Å². The summed E-state index contributed by atoms with van der Waals surface area (Å²) in [6, 6.07) is 35.2. The highest BCUT2D eigenvalue weighted by Gasteiger charge is 2.26. The van der Waals surface area contributed by atoms with E-state index < -0.39 is 20.2 Å². The zero-order chi connectivity index (χ0) is 28.2. The summed E-state index contributed by atoms with van der Waals surface area (Å²) in [5.41, 5.74) is 3.24. The molecule has 8 heteroatoms.